The molecule has 1 saturated heterocycles. The number of nitrogens with zero attached hydrogens (tertiary/aromatic N) is 1. The summed E-state index contributed by atoms with van der Waals surface area (Å²) in [6.45, 7) is 7.02. The highest BCUT2D eigenvalue weighted by atomic mass is 16.3. The molecule has 2 heteroatoms. The molecule has 66 valence electrons. The third kappa shape index (κ3) is 2.17. The lowest BCUT2D eigenvalue weighted by atomic mass is 9.93. The normalized spacial score (nSPS) is 34.1. The van der Waals surface area contributed by atoms with Crippen molar-refractivity contribution in [3.63, 3.8) is 0 Å². The van der Waals surface area contributed by atoms with Gasteiger partial charge in [0.25, 0.3) is 0 Å². The van der Waals surface area contributed by atoms with Crippen molar-refractivity contribution in [3.05, 3.63) is 0 Å². The van der Waals surface area contributed by atoms with E-state index in [-0.39, 0.29) is 0 Å². The first-order chi connectivity index (χ1) is 5.27. The summed E-state index contributed by atoms with van der Waals surface area (Å²) in [5.41, 5.74) is 0. The first-order valence-electron chi connectivity index (χ1n) is 4.62. The van der Waals surface area contributed by atoms with E-state index in [9.17, 15) is 0 Å². The zero-order chi connectivity index (χ0) is 8.27. The second kappa shape index (κ2) is 4.07. The molecule has 1 heterocycles. The summed E-state index contributed by atoms with van der Waals surface area (Å²) < 4.78 is 0. The van der Waals surface area contributed by atoms with Gasteiger partial charge in [-0.2, -0.15) is 0 Å². The first kappa shape index (κ1) is 9.01. The molecule has 1 aliphatic heterocycles. The predicted octanol–water partition coefficient (Wildman–Crippen LogP) is 1.10. The summed E-state index contributed by atoms with van der Waals surface area (Å²) in [4.78, 5) is 2.38. The number of rotatable bonds is 2. The lowest BCUT2D eigenvalue weighted by Crippen LogP contribution is -2.43. The monoisotopic (exact) mass is 157 g/mol. The average molecular weight is 157 g/mol. The molecule has 0 aromatic heterocycles. The van der Waals surface area contributed by atoms with Crippen molar-refractivity contribution in [1.82, 2.24) is 4.90 Å². The fraction of sp³-hybridized carbons (Fsp3) is 1.00. The second-order valence-corrected chi connectivity index (χ2v) is 3.59. The SMILES string of the molecule is CCN1CC[C@@H](C)C[C@H]1CO. The zero-order valence-electron chi connectivity index (χ0n) is 7.58. The minimum Gasteiger partial charge on any atom is -0.395 e. The molecular weight excluding hydrogens is 138 g/mol. The van der Waals surface area contributed by atoms with Crippen LogP contribution in [0.5, 0.6) is 0 Å². The van der Waals surface area contributed by atoms with Gasteiger partial charge in [0.05, 0.1) is 6.61 Å². The van der Waals surface area contributed by atoms with E-state index in [0.717, 1.165) is 12.5 Å². The summed E-state index contributed by atoms with van der Waals surface area (Å²) in [5, 5.41) is 9.07. The van der Waals surface area contributed by atoms with E-state index in [1.807, 2.05) is 0 Å². The molecule has 1 aliphatic rings. The molecule has 0 bridgehead atoms. The number of hydrogen-bond acceptors (Lipinski definition) is 2. The molecule has 2 nitrogen and oxygen atoms in total. The van der Waals surface area contributed by atoms with Crippen LogP contribution in [0.25, 0.3) is 0 Å². The van der Waals surface area contributed by atoms with Crippen molar-refractivity contribution in [2.24, 2.45) is 5.92 Å². The van der Waals surface area contributed by atoms with Crippen LogP contribution in [0.4, 0.5) is 0 Å². The third-order valence-corrected chi connectivity index (χ3v) is 2.72. The maximum absolute atomic E-state index is 9.07. The fourth-order valence-corrected chi connectivity index (χ4v) is 1.91. The van der Waals surface area contributed by atoms with E-state index in [1.54, 1.807) is 0 Å². The second-order valence-electron chi connectivity index (χ2n) is 3.59. The highest BCUT2D eigenvalue weighted by molar-refractivity contribution is 4.78. The van der Waals surface area contributed by atoms with E-state index >= 15 is 0 Å². The van der Waals surface area contributed by atoms with Crippen LogP contribution in [0.1, 0.15) is 26.7 Å². The summed E-state index contributed by atoms with van der Waals surface area (Å²) >= 11 is 0. The Balaban J connectivity index is 2.41. The molecule has 1 N–H and O–H groups in total. The van der Waals surface area contributed by atoms with Crippen molar-refractivity contribution in [2.45, 2.75) is 32.7 Å². The molecule has 11 heavy (non-hydrogen) atoms. The number of aliphatic hydroxyl groups excluding tert-OH is 1. The van der Waals surface area contributed by atoms with E-state index in [2.05, 4.69) is 18.7 Å². The molecule has 0 aliphatic carbocycles. The molecule has 0 unspecified atom stereocenters. The van der Waals surface area contributed by atoms with Crippen LogP contribution in [-0.2, 0) is 0 Å². The van der Waals surface area contributed by atoms with Crippen LogP contribution in [0.2, 0.25) is 0 Å². The molecule has 2 atom stereocenters. The summed E-state index contributed by atoms with van der Waals surface area (Å²) in [7, 11) is 0. The van der Waals surface area contributed by atoms with Crippen LogP contribution in [-0.4, -0.2) is 35.7 Å². The topological polar surface area (TPSA) is 23.5 Å². The highest BCUT2D eigenvalue weighted by Crippen LogP contribution is 2.21. The minimum absolute atomic E-state index is 0.332. The highest BCUT2D eigenvalue weighted by Gasteiger charge is 2.23. The van der Waals surface area contributed by atoms with Gasteiger partial charge in [-0.3, -0.25) is 4.90 Å². The van der Waals surface area contributed by atoms with Gasteiger partial charge in [0.1, 0.15) is 0 Å². The Morgan fingerprint density at radius 1 is 1.55 bits per heavy atom. The van der Waals surface area contributed by atoms with Gasteiger partial charge in [-0.05, 0) is 31.8 Å². The van der Waals surface area contributed by atoms with Crippen molar-refractivity contribution in [1.29, 1.82) is 0 Å². The molecule has 0 aromatic rings. The van der Waals surface area contributed by atoms with E-state index in [4.69, 9.17) is 5.11 Å². The molecular formula is C9H19NO. The van der Waals surface area contributed by atoms with E-state index in [0.29, 0.717) is 12.6 Å². The molecule has 0 aromatic carbocycles. The van der Waals surface area contributed by atoms with Crippen LogP contribution in [0.3, 0.4) is 0 Å². The smallest absolute Gasteiger partial charge is 0.0586 e. The van der Waals surface area contributed by atoms with Gasteiger partial charge in [-0.25, -0.2) is 0 Å². The number of hydrogen-bond donors (Lipinski definition) is 1. The molecule has 0 radical (unpaired) electrons. The lowest BCUT2D eigenvalue weighted by molar-refractivity contribution is 0.0739. The molecule has 0 spiro atoms. The quantitative estimate of drug-likeness (QED) is 0.649. The molecule has 1 rings (SSSR count). The van der Waals surface area contributed by atoms with Gasteiger partial charge in [0.15, 0.2) is 0 Å². The molecule has 1 fully saturated rings. The van der Waals surface area contributed by atoms with E-state index < -0.39 is 0 Å². The summed E-state index contributed by atoms with van der Waals surface area (Å²) in [6.07, 6.45) is 2.47. The maximum Gasteiger partial charge on any atom is 0.0586 e. The van der Waals surface area contributed by atoms with Crippen molar-refractivity contribution in [2.75, 3.05) is 19.7 Å². The summed E-state index contributed by atoms with van der Waals surface area (Å²) in [6, 6.07) is 0.434. The van der Waals surface area contributed by atoms with Gasteiger partial charge < -0.3 is 5.11 Å². The minimum atomic E-state index is 0.332. The van der Waals surface area contributed by atoms with Crippen LogP contribution in [0.15, 0.2) is 0 Å². The lowest BCUT2D eigenvalue weighted by Gasteiger charge is -2.36. The van der Waals surface area contributed by atoms with Gasteiger partial charge in [0, 0.05) is 6.04 Å². The Morgan fingerprint density at radius 3 is 2.82 bits per heavy atom. The predicted molar refractivity (Wildman–Crippen MR) is 46.5 cm³/mol. The van der Waals surface area contributed by atoms with E-state index in [1.165, 1.54) is 19.4 Å². The van der Waals surface area contributed by atoms with Crippen molar-refractivity contribution in [3.8, 4) is 0 Å². The number of likely N-dealkylation sites (tertiary alicyclic amines) is 1. The summed E-state index contributed by atoms with van der Waals surface area (Å²) in [5.74, 6) is 0.801. The number of likely N-dealkylation sites (N-methyl/N-ethyl adjacent to an activating group) is 1. The Morgan fingerprint density at radius 2 is 2.27 bits per heavy atom. The van der Waals surface area contributed by atoms with Gasteiger partial charge in [-0.1, -0.05) is 13.8 Å². The number of piperidine rings is 1. The maximum atomic E-state index is 9.07. The molecule has 0 amide bonds. The standard InChI is InChI=1S/C9H19NO/c1-3-10-5-4-8(2)6-9(10)7-11/h8-9,11H,3-7H2,1-2H3/t8-,9+/m1/s1. The van der Waals surface area contributed by atoms with Crippen molar-refractivity contribution >= 4 is 0 Å². The molecule has 0 saturated carbocycles. The van der Waals surface area contributed by atoms with Crippen LogP contribution >= 0.6 is 0 Å². The van der Waals surface area contributed by atoms with Gasteiger partial charge in [-0.15, -0.1) is 0 Å². The van der Waals surface area contributed by atoms with Crippen molar-refractivity contribution < 1.29 is 5.11 Å². The van der Waals surface area contributed by atoms with Gasteiger partial charge in [0.2, 0.25) is 0 Å². The first-order valence-corrected chi connectivity index (χ1v) is 4.62. The average Bonchev–Trinajstić information content (AvgIpc) is 2.04. The Bertz CT molecular complexity index is 116. The Labute approximate surface area is 69.2 Å². The zero-order valence-corrected chi connectivity index (χ0v) is 7.58. The Hall–Kier alpha value is -0.0800. The Kier molecular flexibility index (Phi) is 3.34. The third-order valence-electron chi connectivity index (χ3n) is 2.72. The van der Waals surface area contributed by atoms with Crippen LogP contribution in [0, 0.1) is 5.92 Å². The van der Waals surface area contributed by atoms with Crippen LogP contribution < -0.4 is 0 Å². The fourth-order valence-electron chi connectivity index (χ4n) is 1.91. The van der Waals surface area contributed by atoms with Gasteiger partial charge >= 0.3 is 0 Å². The largest absolute Gasteiger partial charge is 0.395 e. The number of aliphatic hydroxyl groups is 1.